The van der Waals surface area contributed by atoms with Crippen molar-refractivity contribution in [2.45, 2.75) is 51.0 Å². The summed E-state index contributed by atoms with van der Waals surface area (Å²) in [5, 5.41) is 19.3. The number of rotatable bonds is 4. The molecule has 3 fully saturated rings. The number of aliphatic hydroxyl groups is 2. The first kappa shape index (κ1) is 17.2. The minimum atomic E-state index is -0.213. The first-order valence-electron chi connectivity index (χ1n) is 9.47. The van der Waals surface area contributed by atoms with Crippen LogP contribution in [-0.4, -0.2) is 71.4 Å². The fourth-order valence-electron chi connectivity index (χ4n) is 4.59. The third kappa shape index (κ3) is 4.25. The van der Waals surface area contributed by atoms with E-state index in [9.17, 15) is 15.0 Å². The predicted molar refractivity (Wildman–Crippen MR) is 88.9 cm³/mol. The number of hydrogen-bond donors (Lipinski definition) is 2. The van der Waals surface area contributed by atoms with Crippen molar-refractivity contribution in [2.75, 3.05) is 39.3 Å². The summed E-state index contributed by atoms with van der Waals surface area (Å²) in [4.78, 5) is 17.3. The number of nitrogens with zero attached hydrogens (tertiary/aromatic N) is 2. The molecular weight excluding hydrogens is 292 g/mol. The van der Waals surface area contributed by atoms with Gasteiger partial charge in [-0.05, 0) is 57.5 Å². The minimum Gasteiger partial charge on any atom is -0.396 e. The molecule has 0 aromatic carbocycles. The highest BCUT2D eigenvalue weighted by Gasteiger charge is 2.38. The lowest BCUT2D eigenvalue weighted by Crippen LogP contribution is -2.39. The zero-order valence-corrected chi connectivity index (χ0v) is 14.2. The SMILES string of the molecule is O=C(C1CCC(O)CC1)N1C[C@@H](CN2CCCCC2)[C@@H](CO)C1. The van der Waals surface area contributed by atoms with Crippen molar-refractivity contribution >= 4 is 5.91 Å². The van der Waals surface area contributed by atoms with Gasteiger partial charge in [0, 0.05) is 38.1 Å². The average Bonchev–Trinajstić information content (AvgIpc) is 2.99. The lowest BCUT2D eigenvalue weighted by molar-refractivity contribution is -0.136. The smallest absolute Gasteiger partial charge is 0.225 e. The van der Waals surface area contributed by atoms with Crippen molar-refractivity contribution in [2.24, 2.45) is 17.8 Å². The van der Waals surface area contributed by atoms with Gasteiger partial charge in [0.2, 0.25) is 5.91 Å². The predicted octanol–water partition coefficient (Wildman–Crippen LogP) is 1.09. The van der Waals surface area contributed by atoms with Crippen LogP contribution in [0, 0.1) is 17.8 Å². The van der Waals surface area contributed by atoms with Gasteiger partial charge in [-0.2, -0.15) is 0 Å². The van der Waals surface area contributed by atoms with Gasteiger partial charge in [0.25, 0.3) is 0 Å². The van der Waals surface area contributed by atoms with Gasteiger partial charge < -0.3 is 20.0 Å². The Morgan fingerprint density at radius 2 is 1.61 bits per heavy atom. The van der Waals surface area contributed by atoms with E-state index in [0.29, 0.717) is 12.5 Å². The van der Waals surface area contributed by atoms with Crippen molar-refractivity contribution in [3.05, 3.63) is 0 Å². The highest BCUT2D eigenvalue weighted by Crippen LogP contribution is 2.31. The van der Waals surface area contributed by atoms with E-state index in [0.717, 1.165) is 38.8 Å². The van der Waals surface area contributed by atoms with E-state index in [1.807, 2.05) is 4.90 Å². The van der Waals surface area contributed by atoms with Crippen LogP contribution >= 0.6 is 0 Å². The van der Waals surface area contributed by atoms with E-state index >= 15 is 0 Å². The van der Waals surface area contributed by atoms with Crippen LogP contribution in [0.25, 0.3) is 0 Å². The second-order valence-electron chi connectivity index (χ2n) is 7.81. The van der Waals surface area contributed by atoms with Crippen LogP contribution in [0.15, 0.2) is 0 Å². The van der Waals surface area contributed by atoms with Crippen LogP contribution in [0.3, 0.4) is 0 Å². The molecule has 23 heavy (non-hydrogen) atoms. The number of carbonyl (C=O) groups excluding carboxylic acids is 1. The first-order chi connectivity index (χ1) is 11.2. The summed E-state index contributed by atoms with van der Waals surface area (Å²) < 4.78 is 0. The van der Waals surface area contributed by atoms with Crippen molar-refractivity contribution in [3.63, 3.8) is 0 Å². The summed E-state index contributed by atoms with van der Waals surface area (Å²) in [6, 6.07) is 0. The maximum atomic E-state index is 12.8. The fraction of sp³-hybridized carbons (Fsp3) is 0.944. The summed E-state index contributed by atoms with van der Waals surface area (Å²) in [5.41, 5.74) is 0. The molecule has 1 saturated carbocycles. The largest absolute Gasteiger partial charge is 0.396 e. The molecule has 2 aliphatic heterocycles. The summed E-state index contributed by atoms with van der Waals surface area (Å²) in [7, 11) is 0. The molecule has 0 aromatic rings. The van der Waals surface area contributed by atoms with E-state index in [4.69, 9.17) is 0 Å². The van der Waals surface area contributed by atoms with Crippen LogP contribution in [-0.2, 0) is 4.79 Å². The molecule has 2 atom stereocenters. The molecule has 0 spiro atoms. The van der Waals surface area contributed by atoms with Crippen molar-refractivity contribution in [1.29, 1.82) is 0 Å². The highest BCUT2D eigenvalue weighted by atomic mass is 16.3. The Morgan fingerprint density at radius 3 is 2.26 bits per heavy atom. The number of hydrogen-bond acceptors (Lipinski definition) is 4. The van der Waals surface area contributed by atoms with E-state index < -0.39 is 0 Å². The first-order valence-corrected chi connectivity index (χ1v) is 9.47. The standard InChI is InChI=1S/C18H32N2O3/c21-13-16-12-20(18(23)14-4-6-17(22)7-5-14)11-15(16)10-19-8-2-1-3-9-19/h14-17,21-22H,1-13H2/t14?,15-,16-,17?/m1/s1. The molecule has 3 rings (SSSR count). The molecule has 3 aliphatic rings. The summed E-state index contributed by atoms with van der Waals surface area (Å²) in [6.07, 6.45) is 6.83. The molecule has 132 valence electrons. The van der Waals surface area contributed by atoms with Crippen molar-refractivity contribution in [1.82, 2.24) is 9.80 Å². The molecule has 0 aromatic heterocycles. The van der Waals surface area contributed by atoms with Gasteiger partial charge in [0.15, 0.2) is 0 Å². The van der Waals surface area contributed by atoms with Crippen molar-refractivity contribution < 1.29 is 15.0 Å². The molecule has 2 N–H and O–H groups in total. The summed E-state index contributed by atoms with van der Waals surface area (Å²) in [5.74, 6) is 0.995. The highest BCUT2D eigenvalue weighted by molar-refractivity contribution is 5.79. The Balaban J connectivity index is 1.54. The van der Waals surface area contributed by atoms with Crippen LogP contribution in [0.4, 0.5) is 0 Å². The van der Waals surface area contributed by atoms with Crippen LogP contribution in [0.5, 0.6) is 0 Å². The fourth-order valence-corrected chi connectivity index (χ4v) is 4.59. The topological polar surface area (TPSA) is 64.0 Å². The molecule has 0 unspecified atom stereocenters. The molecule has 0 radical (unpaired) electrons. The molecule has 2 heterocycles. The number of likely N-dealkylation sites (tertiary alicyclic amines) is 2. The molecule has 5 nitrogen and oxygen atoms in total. The zero-order chi connectivity index (χ0) is 16.2. The monoisotopic (exact) mass is 324 g/mol. The quantitative estimate of drug-likeness (QED) is 0.812. The maximum absolute atomic E-state index is 12.8. The molecule has 0 bridgehead atoms. The number of amides is 1. The second-order valence-corrected chi connectivity index (χ2v) is 7.81. The van der Waals surface area contributed by atoms with Crippen LogP contribution in [0.2, 0.25) is 0 Å². The minimum absolute atomic E-state index is 0.0893. The van der Waals surface area contributed by atoms with Gasteiger partial charge in [-0.25, -0.2) is 0 Å². The third-order valence-corrected chi connectivity index (χ3v) is 6.11. The van der Waals surface area contributed by atoms with Crippen molar-refractivity contribution in [3.8, 4) is 0 Å². The average molecular weight is 324 g/mol. The van der Waals surface area contributed by atoms with E-state index in [1.54, 1.807) is 0 Å². The lowest BCUT2D eigenvalue weighted by Gasteiger charge is -2.31. The second kappa shape index (κ2) is 7.95. The van der Waals surface area contributed by atoms with Gasteiger partial charge in [0.1, 0.15) is 0 Å². The Morgan fingerprint density at radius 1 is 0.957 bits per heavy atom. The van der Waals surface area contributed by atoms with Crippen LogP contribution in [0.1, 0.15) is 44.9 Å². The molecule has 5 heteroatoms. The lowest BCUT2D eigenvalue weighted by atomic mass is 9.86. The van der Waals surface area contributed by atoms with Gasteiger partial charge >= 0.3 is 0 Å². The Hall–Kier alpha value is -0.650. The third-order valence-electron chi connectivity index (χ3n) is 6.11. The molecule has 1 amide bonds. The maximum Gasteiger partial charge on any atom is 0.225 e. The van der Waals surface area contributed by atoms with Gasteiger partial charge in [-0.3, -0.25) is 4.79 Å². The Labute approximate surface area is 139 Å². The number of piperidine rings is 1. The van der Waals surface area contributed by atoms with E-state index in [2.05, 4.69) is 4.90 Å². The Bertz CT molecular complexity index is 390. The molecule has 1 aliphatic carbocycles. The number of carbonyl (C=O) groups is 1. The molecular formula is C18H32N2O3. The number of aliphatic hydroxyl groups excluding tert-OH is 2. The van der Waals surface area contributed by atoms with Gasteiger partial charge in [-0.1, -0.05) is 6.42 Å². The Kier molecular flexibility index (Phi) is 5.94. The normalized spacial score (nSPS) is 36.3. The zero-order valence-electron chi connectivity index (χ0n) is 14.2. The van der Waals surface area contributed by atoms with E-state index in [1.165, 1.54) is 32.4 Å². The van der Waals surface area contributed by atoms with Crippen LogP contribution < -0.4 is 0 Å². The summed E-state index contributed by atoms with van der Waals surface area (Å²) >= 11 is 0. The van der Waals surface area contributed by atoms with E-state index in [-0.39, 0.29) is 30.5 Å². The summed E-state index contributed by atoms with van der Waals surface area (Å²) in [6.45, 7) is 5.07. The molecule has 2 saturated heterocycles. The van der Waals surface area contributed by atoms with Gasteiger partial charge in [-0.15, -0.1) is 0 Å². The van der Waals surface area contributed by atoms with Gasteiger partial charge in [0.05, 0.1) is 6.10 Å².